The van der Waals surface area contributed by atoms with Crippen molar-refractivity contribution in [3.05, 3.63) is 0 Å². The predicted molar refractivity (Wildman–Crippen MR) is 70.8 cm³/mol. The fourth-order valence-electron chi connectivity index (χ4n) is 3.85. The van der Waals surface area contributed by atoms with E-state index in [4.69, 9.17) is 0 Å². The minimum Gasteiger partial charge on any atom is -0.296 e. The van der Waals surface area contributed by atoms with Crippen molar-refractivity contribution in [1.29, 1.82) is 0 Å². The summed E-state index contributed by atoms with van der Waals surface area (Å²) in [4.78, 5) is 23.5. The molecular formula is C15H25NO2. The van der Waals surface area contributed by atoms with Crippen LogP contribution in [0.5, 0.6) is 0 Å². The summed E-state index contributed by atoms with van der Waals surface area (Å²) >= 11 is 0. The van der Waals surface area contributed by atoms with Crippen molar-refractivity contribution in [2.24, 2.45) is 17.3 Å². The van der Waals surface area contributed by atoms with Crippen molar-refractivity contribution in [3.63, 3.8) is 0 Å². The first-order chi connectivity index (χ1) is 8.57. The van der Waals surface area contributed by atoms with Crippen LogP contribution >= 0.6 is 0 Å². The number of nitrogens with one attached hydrogen (secondary N) is 1. The Morgan fingerprint density at radius 1 is 1.28 bits per heavy atom. The lowest BCUT2D eigenvalue weighted by Gasteiger charge is -2.40. The molecule has 2 rings (SSSR count). The summed E-state index contributed by atoms with van der Waals surface area (Å²) in [5.41, 5.74) is -0.0398. The average molecular weight is 251 g/mol. The third-order valence-electron chi connectivity index (χ3n) is 5.12. The topological polar surface area (TPSA) is 46.2 Å². The predicted octanol–water partition coefficient (Wildman–Crippen LogP) is 3.04. The molecule has 3 heteroatoms. The summed E-state index contributed by atoms with van der Waals surface area (Å²) in [6.45, 7) is 4.24. The van der Waals surface area contributed by atoms with Crippen LogP contribution in [0.1, 0.15) is 65.2 Å². The van der Waals surface area contributed by atoms with Crippen LogP contribution < -0.4 is 5.32 Å². The molecule has 1 N–H and O–H groups in total. The minimum absolute atomic E-state index is 0.00410. The maximum Gasteiger partial charge on any atom is 0.229 e. The highest BCUT2D eigenvalue weighted by Crippen LogP contribution is 2.47. The number of imide groups is 1. The van der Waals surface area contributed by atoms with Gasteiger partial charge in [-0.05, 0) is 30.6 Å². The first-order valence-electron chi connectivity index (χ1n) is 7.41. The Morgan fingerprint density at radius 3 is 2.78 bits per heavy atom. The molecule has 2 amide bonds. The third kappa shape index (κ3) is 2.60. The van der Waals surface area contributed by atoms with Gasteiger partial charge in [0.1, 0.15) is 0 Å². The summed E-state index contributed by atoms with van der Waals surface area (Å²) in [7, 11) is 0. The van der Waals surface area contributed by atoms with E-state index in [1.54, 1.807) is 0 Å². The maximum absolute atomic E-state index is 11.9. The van der Waals surface area contributed by atoms with Gasteiger partial charge >= 0.3 is 0 Å². The minimum atomic E-state index is -0.0629. The standard InChI is InChI=1S/C15H25NO2/c1-3-5-12-6-4-8-15(9-7-12)10-13(17)16-14(18)11(15)2/h11-12H,3-10H2,1-2H3,(H,16,17,18). The van der Waals surface area contributed by atoms with Gasteiger partial charge in [0.15, 0.2) is 0 Å². The molecule has 0 aromatic heterocycles. The van der Waals surface area contributed by atoms with Crippen LogP contribution in [0.4, 0.5) is 0 Å². The molecule has 3 nitrogen and oxygen atoms in total. The molecule has 2 aliphatic rings. The number of piperidine rings is 1. The third-order valence-corrected chi connectivity index (χ3v) is 5.12. The highest BCUT2D eigenvalue weighted by molar-refractivity contribution is 5.99. The Morgan fingerprint density at radius 2 is 2.06 bits per heavy atom. The van der Waals surface area contributed by atoms with Gasteiger partial charge in [-0.3, -0.25) is 14.9 Å². The fraction of sp³-hybridized carbons (Fsp3) is 0.867. The molecule has 0 aromatic carbocycles. The molecule has 0 aromatic rings. The van der Waals surface area contributed by atoms with E-state index in [-0.39, 0.29) is 23.1 Å². The lowest BCUT2D eigenvalue weighted by molar-refractivity contribution is -0.143. The summed E-state index contributed by atoms with van der Waals surface area (Å²) in [5.74, 6) is 0.685. The monoisotopic (exact) mass is 251 g/mol. The van der Waals surface area contributed by atoms with E-state index >= 15 is 0 Å². The zero-order chi connectivity index (χ0) is 13.2. The van der Waals surface area contributed by atoms with Gasteiger partial charge in [-0.2, -0.15) is 0 Å². The molecular weight excluding hydrogens is 226 g/mol. The number of hydrogen-bond acceptors (Lipinski definition) is 2. The Balaban J connectivity index is 2.10. The van der Waals surface area contributed by atoms with Gasteiger partial charge in [0.25, 0.3) is 0 Å². The first kappa shape index (κ1) is 13.6. The van der Waals surface area contributed by atoms with E-state index in [1.165, 1.54) is 32.1 Å². The van der Waals surface area contributed by atoms with Gasteiger partial charge < -0.3 is 0 Å². The second-order valence-corrected chi connectivity index (χ2v) is 6.26. The summed E-state index contributed by atoms with van der Waals surface area (Å²) in [6.07, 6.45) is 8.84. The Bertz CT molecular complexity index is 339. The molecule has 0 bridgehead atoms. The highest BCUT2D eigenvalue weighted by Gasteiger charge is 2.46. The SMILES string of the molecule is CCCC1CCCC2(CC1)CC(=O)NC(=O)C2C. The summed E-state index contributed by atoms with van der Waals surface area (Å²) in [6, 6.07) is 0. The average Bonchev–Trinajstić information content (AvgIpc) is 2.51. The van der Waals surface area contributed by atoms with Crippen molar-refractivity contribution in [2.75, 3.05) is 0 Å². The van der Waals surface area contributed by atoms with Crippen LogP contribution in [-0.2, 0) is 9.59 Å². The van der Waals surface area contributed by atoms with Crippen LogP contribution in [0.15, 0.2) is 0 Å². The van der Waals surface area contributed by atoms with E-state index in [2.05, 4.69) is 12.2 Å². The van der Waals surface area contributed by atoms with Gasteiger partial charge in [0.2, 0.25) is 11.8 Å². The number of hydrogen-bond donors (Lipinski definition) is 1. The number of carbonyl (C=O) groups is 2. The van der Waals surface area contributed by atoms with Crippen molar-refractivity contribution in [3.8, 4) is 0 Å². The zero-order valence-electron chi connectivity index (χ0n) is 11.6. The Hall–Kier alpha value is -0.860. The zero-order valence-corrected chi connectivity index (χ0v) is 11.6. The van der Waals surface area contributed by atoms with E-state index in [0.29, 0.717) is 6.42 Å². The fourth-order valence-corrected chi connectivity index (χ4v) is 3.85. The van der Waals surface area contributed by atoms with Crippen molar-refractivity contribution in [2.45, 2.75) is 65.2 Å². The molecule has 3 atom stereocenters. The normalized spacial score (nSPS) is 37.4. The molecule has 1 aliphatic carbocycles. The molecule has 0 radical (unpaired) electrons. The Labute approximate surface area is 110 Å². The molecule has 1 saturated heterocycles. The van der Waals surface area contributed by atoms with Gasteiger partial charge in [-0.1, -0.05) is 39.5 Å². The lowest BCUT2D eigenvalue weighted by Crippen LogP contribution is -2.50. The van der Waals surface area contributed by atoms with Crippen molar-refractivity contribution < 1.29 is 9.59 Å². The smallest absolute Gasteiger partial charge is 0.229 e. The number of amides is 2. The molecule has 18 heavy (non-hydrogen) atoms. The van der Waals surface area contributed by atoms with E-state index in [9.17, 15) is 9.59 Å². The van der Waals surface area contributed by atoms with Crippen LogP contribution in [0.2, 0.25) is 0 Å². The van der Waals surface area contributed by atoms with Gasteiger partial charge in [0, 0.05) is 12.3 Å². The molecule has 1 heterocycles. The number of rotatable bonds is 2. The van der Waals surface area contributed by atoms with Gasteiger partial charge in [-0.15, -0.1) is 0 Å². The molecule has 1 spiro atoms. The largest absolute Gasteiger partial charge is 0.296 e. The van der Waals surface area contributed by atoms with Crippen molar-refractivity contribution >= 4 is 11.8 Å². The molecule has 1 saturated carbocycles. The highest BCUT2D eigenvalue weighted by atomic mass is 16.2. The van der Waals surface area contributed by atoms with Crippen LogP contribution in [0, 0.1) is 17.3 Å². The summed E-state index contributed by atoms with van der Waals surface area (Å²) in [5, 5.41) is 2.48. The van der Waals surface area contributed by atoms with Gasteiger partial charge in [0.05, 0.1) is 0 Å². The lowest BCUT2D eigenvalue weighted by atomic mass is 9.66. The van der Waals surface area contributed by atoms with E-state index in [1.807, 2.05) is 6.92 Å². The summed E-state index contributed by atoms with van der Waals surface area (Å²) < 4.78 is 0. The van der Waals surface area contributed by atoms with Gasteiger partial charge in [-0.25, -0.2) is 0 Å². The van der Waals surface area contributed by atoms with Crippen LogP contribution in [-0.4, -0.2) is 11.8 Å². The quantitative estimate of drug-likeness (QED) is 0.767. The molecule has 2 fully saturated rings. The van der Waals surface area contributed by atoms with Crippen LogP contribution in [0.3, 0.4) is 0 Å². The molecule has 3 unspecified atom stereocenters. The van der Waals surface area contributed by atoms with Crippen molar-refractivity contribution in [1.82, 2.24) is 5.32 Å². The number of carbonyl (C=O) groups excluding carboxylic acids is 2. The second-order valence-electron chi connectivity index (χ2n) is 6.26. The first-order valence-corrected chi connectivity index (χ1v) is 7.41. The van der Waals surface area contributed by atoms with Crippen LogP contribution in [0.25, 0.3) is 0 Å². The van der Waals surface area contributed by atoms with E-state index in [0.717, 1.165) is 18.8 Å². The molecule has 1 aliphatic heterocycles. The Kier molecular flexibility index (Phi) is 4.08. The van der Waals surface area contributed by atoms with E-state index < -0.39 is 0 Å². The molecule has 102 valence electrons. The maximum atomic E-state index is 11.9. The second kappa shape index (κ2) is 5.41.